The summed E-state index contributed by atoms with van der Waals surface area (Å²) < 4.78 is 17.2. The number of hydrogen-bond acceptors (Lipinski definition) is 5. The Morgan fingerprint density at radius 1 is 1.14 bits per heavy atom. The van der Waals surface area contributed by atoms with Crippen LogP contribution in [0.5, 0.6) is 11.5 Å². The van der Waals surface area contributed by atoms with Crippen LogP contribution in [0.2, 0.25) is 0 Å². The van der Waals surface area contributed by atoms with E-state index in [-0.39, 0.29) is 23.9 Å². The van der Waals surface area contributed by atoms with Gasteiger partial charge in [0.25, 0.3) is 0 Å². The van der Waals surface area contributed by atoms with Crippen molar-refractivity contribution in [1.29, 1.82) is 0 Å². The summed E-state index contributed by atoms with van der Waals surface area (Å²) in [6.45, 7) is 8.09. The van der Waals surface area contributed by atoms with Crippen LogP contribution in [0.3, 0.4) is 0 Å². The lowest BCUT2D eigenvalue weighted by atomic mass is 9.84. The molecule has 2 heterocycles. The third-order valence-corrected chi connectivity index (χ3v) is 5.85. The minimum atomic E-state index is -0.149. The Morgan fingerprint density at radius 3 is 2.66 bits per heavy atom. The van der Waals surface area contributed by atoms with Crippen LogP contribution in [-0.2, 0) is 16.0 Å². The molecule has 1 fully saturated rings. The molecule has 0 aliphatic carbocycles. The molecule has 0 bridgehead atoms. The van der Waals surface area contributed by atoms with Crippen molar-refractivity contribution in [2.75, 3.05) is 32.8 Å². The molecule has 0 spiro atoms. The Morgan fingerprint density at radius 2 is 1.90 bits per heavy atom. The van der Waals surface area contributed by atoms with Gasteiger partial charge in [-0.15, -0.1) is 0 Å². The van der Waals surface area contributed by atoms with E-state index in [0.717, 1.165) is 50.6 Å². The van der Waals surface area contributed by atoms with Crippen LogP contribution >= 0.6 is 0 Å². The van der Waals surface area contributed by atoms with Gasteiger partial charge in [0.2, 0.25) is 0 Å². The fourth-order valence-electron chi connectivity index (χ4n) is 4.17. The molecule has 0 aromatic heterocycles. The molecule has 154 valence electrons. The highest BCUT2D eigenvalue weighted by atomic mass is 16.5. The Labute approximate surface area is 172 Å². The van der Waals surface area contributed by atoms with E-state index in [2.05, 4.69) is 30.9 Å². The molecule has 2 aliphatic heterocycles. The van der Waals surface area contributed by atoms with Crippen LogP contribution in [0.15, 0.2) is 48.5 Å². The van der Waals surface area contributed by atoms with Crippen LogP contribution < -0.4 is 9.47 Å². The SMILES string of the molecule is CC(Cc1ccccc1)Oc1ccc2c(c1)OC(=O)C(CN1CCOCC1)C2C. The Bertz CT molecular complexity index is 832. The summed E-state index contributed by atoms with van der Waals surface area (Å²) in [6, 6.07) is 16.2. The van der Waals surface area contributed by atoms with Crippen molar-refractivity contribution in [3.8, 4) is 11.5 Å². The maximum Gasteiger partial charge on any atom is 0.316 e. The zero-order valence-corrected chi connectivity index (χ0v) is 17.2. The molecule has 2 aliphatic rings. The first-order valence-corrected chi connectivity index (χ1v) is 10.5. The molecule has 0 radical (unpaired) electrons. The molecule has 1 saturated heterocycles. The monoisotopic (exact) mass is 395 g/mol. The Hall–Kier alpha value is -2.37. The lowest BCUT2D eigenvalue weighted by Gasteiger charge is -2.35. The second-order valence-corrected chi connectivity index (χ2v) is 8.05. The Kier molecular flexibility index (Phi) is 6.16. The van der Waals surface area contributed by atoms with Crippen molar-refractivity contribution in [3.05, 3.63) is 59.7 Å². The average molecular weight is 395 g/mol. The van der Waals surface area contributed by atoms with Gasteiger partial charge in [-0.2, -0.15) is 0 Å². The maximum absolute atomic E-state index is 12.7. The standard InChI is InChI=1S/C24H29NO4/c1-17(14-19-6-4-3-5-7-19)28-20-8-9-21-18(2)22(24(26)29-23(21)15-20)16-25-10-12-27-13-11-25/h3-9,15,17-18,22H,10-14,16H2,1-2H3. The van der Waals surface area contributed by atoms with Crippen molar-refractivity contribution < 1.29 is 19.0 Å². The molecule has 2 aromatic rings. The molecule has 0 saturated carbocycles. The lowest BCUT2D eigenvalue weighted by Crippen LogP contribution is -2.44. The van der Waals surface area contributed by atoms with Gasteiger partial charge in [-0.25, -0.2) is 0 Å². The maximum atomic E-state index is 12.7. The fourth-order valence-corrected chi connectivity index (χ4v) is 4.17. The van der Waals surface area contributed by atoms with Gasteiger partial charge < -0.3 is 14.2 Å². The van der Waals surface area contributed by atoms with Gasteiger partial charge >= 0.3 is 5.97 Å². The van der Waals surface area contributed by atoms with Gasteiger partial charge in [0.05, 0.1) is 25.2 Å². The van der Waals surface area contributed by atoms with E-state index >= 15 is 0 Å². The molecule has 3 atom stereocenters. The van der Waals surface area contributed by atoms with Crippen molar-refractivity contribution in [2.45, 2.75) is 32.3 Å². The average Bonchev–Trinajstić information content (AvgIpc) is 2.72. The van der Waals surface area contributed by atoms with E-state index in [1.165, 1.54) is 5.56 Å². The van der Waals surface area contributed by atoms with E-state index in [1.807, 2.05) is 36.4 Å². The highest BCUT2D eigenvalue weighted by Crippen LogP contribution is 2.40. The molecule has 2 aromatic carbocycles. The summed E-state index contributed by atoms with van der Waals surface area (Å²) in [5, 5.41) is 0. The number of carbonyl (C=O) groups is 1. The van der Waals surface area contributed by atoms with Gasteiger partial charge in [0.1, 0.15) is 11.5 Å². The van der Waals surface area contributed by atoms with E-state index in [9.17, 15) is 4.79 Å². The van der Waals surface area contributed by atoms with Crippen LogP contribution in [0.25, 0.3) is 0 Å². The van der Waals surface area contributed by atoms with Crippen LogP contribution in [0.1, 0.15) is 30.9 Å². The first kappa shape index (κ1) is 19.9. The zero-order chi connectivity index (χ0) is 20.2. The predicted molar refractivity (Wildman–Crippen MR) is 111 cm³/mol. The van der Waals surface area contributed by atoms with Crippen molar-refractivity contribution in [3.63, 3.8) is 0 Å². The van der Waals surface area contributed by atoms with Crippen LogP contribution in [0, 0.1) is 5.92 Å². The van der Waals surface area contributed by atoms with E-state index in [1.54, 1.807) is 0 Å². The quantitative estimate of drug-likeness (QED) is 0.552. The van der Waals surface area contributed by atoms with E-state index in [0.29, 0.717) is 5.75 Å². The zero-order valence-electron chi connectivity index (χ0n) is 17.2. The molecule has 29 heavy (non-hydrogen) atoms. The minimum absolute atomic E-state index is 0.0289. The van der Waals surface area contributed by atoms with E-state index in [4.69, 9.17) is 14.2 Å². The summed E-state index contributed by atoms with van der Waals surface area (Å²) in [7, 11) is 0. The summed E-state index contributed by atoms with van der Waals surface area (Å²) in [5.41, 5.74) is 2.31. The van der Waals surface area contributed by atoms with Gasteiger partial charge in [0.15, 0.2) is 0 Å². The molecule has 5 heteroatoms. The van der Waals surface area contributed by atoms with Crippen molar-refractivity contribution in [2.24, 2.45) is 5.92 Å². The normalized spacial score (nSPS) is 23.2. The van der Waals surface area contributed by atoms with Gasteiger partial charge in [-0.1, -0.05) is 43.3 Å². The number of carbonyl (C=O) groups excluding carboxylic acids is 1. The molecule has 3 unspecified atom stereocenters. The van der Waals surface area contributed by atoms with Gasteiger partial charge in [0, 0.05) is 32.1 Å². The predicted octanol–water partition coefficient (Wildman–Crippen LogP) is 3.67. The molecule has 4 rings (SSSR count). The second-order valence-electron chi connectivity index (χ2n) is 8.05. The summed E-state index contributed by atoms with van der Waals surface area (Å²) >= 11 is 0. The number of hydrogen-bond donors (Lipinski definition) is 0. The number of nitrogens with zero attached hydrogens (tertiary/aromatic N) is 1. The highest BCUT2D eigenvalue weighted by Gasteiger charge is 2.36. The van der Waals surface area contributed by atoms with Crippen molar-refractivity contribution in [1.82, 2.24) is 4.90 Å². The smallest absolute Gasteiger partial charge is 0.316 e. The largest absolute Gasteiger partial charge is 0.490 e. The lowest BCUT2D eigenvalue weighted by molar-refractivity contribution is -0.142. The molecule has 0 N–H and O–H groups in total. The summed E-state index contributed by atoms with van der Waals surface area (Å²) in [6.07, 6.45) is 0.858. The third kappa shape index (κ3) is 4.80. The Balaban J connectivity index is 1.42. The number of benzene rings is 2. The first-order valence-electron chi connectivity index (χ1n) is 10.5. The van der Waals surface area contributed by atoms with Gasteiger partial charge in [-0.3, -0.25) is 9.69 Å². The second kappa shape index (κ2) is 8.97. The topological polar surface area (TPSA) is 48.0 Å². The molecule has 5 nitrogen and oxygen atoms in total. The number of rotatable bonds is 6. The highest BCUT2D eigenvalue weighted by molar-refractivity contribution is 5.79. The first-order chi connectivity index (χ1) is 14.1. The number of morpholine rings is 1. The van der Waals surface area contributed by atoms with Crippen LogP contribution in [0.4, 0.5) is 0 Å². The van der Waals surface area contributed by atoms with Crippen LogP contribution in [-0.4, -0.2) is 49.8 Å². The molecule has 0 amide bonds. The fraction of sp³-hybridized carbons (Fsp3) is 0.458. The molecular formula is C24H29NO4. The third-order valence-electron chi connectivity index (χ3n) is 5.85. The van der Waals surface area contributed by atoms with Gasteiger partial charge in [-0.05, 0) is 30.0 Å². The minimum Gasteiger partial charge on any atom is -0.490 e. The molecular weight excluding hydrogens is 366 g/mol. The number of ether oxygens (including phenoxy) is 3. The van der Waals surface area contributed by atoms with E-state index < -0.39 is 0 Å². The summed E-state index contributed by atoms with van der Waals surface area (Å²) in [5.74, 6) is 1.18. The van der Waals surface area contributed by atoms with Crippen molar-refractivity contribution >= 4 is 5.97 Å². The summed E-state index contributed by atoms with van der Waals surface area (Å²) in [4.78, 5) is 15.0. The number of esters is 1. The number of fused-ring (bicyclic) bond motifs is 1.